The summed E-state index contributed by atoms with van der Waals surface area (Å²) in [6, 6.07) is 9.37. The molecule has 0 saturated carbocycles. The molecular formula is C16H15ClN2O. The number of nitrogens with one attached hydrogen (secondary N) is 1. The number of halogens is 1. The highest BCUT2D eigenvalue weighted by atomic mass is 35.5. The smallest absolute Gasteiger partial charge is 0.262 e. The first-order valence-corrected chi connectivity index (χ1v) is 6.68. The number of allylic oxidation sites excluding steroid dienone is 1. The SMILES string of the molecule is CC1(C)CC(/C=C/c2ccc(Cl)cc2)=C(C#N)C(=O)N1. The van der Waals surface area contributed by atoms with Gasteiger partial charge in [-0.25, -0.2) is 0 Å². The monoisotopic (exact) mass is 286 g/mol. The molecule has 1 aliphatic heterocycles. The van der Waals surface area contributed by atoms with Crippen LogP contribution in [-0.4, -0.2) is 11.4 Å². The number of carbonyl (C=O) groups is 1. The van der Waals surface area contributed by atoms with E-state index in [-0.39, 0.29) is 17.0 Å². The van der Waals surface area contributed by atoms with Crippen molar-refractivity contribution in [1.82, 2.24) is 5.32 Å². The molecule has 0 saturated heterocycles. The third-order valence-corrected chi connectivity index (χ3v) is 3.34. The van der Waals surface area contributed by atoms with Gasteiger partial charge >= 0.3 is 0 Å². The molecule has 1 heterocycles. The maximum absolute atomic E-state index is 11.9. The van der Waals surface area contributed by atoms with Crippen LogP contribution in [0.5, 0.6) is 0 Å². The zero-order chi connectivity index (χ0) is 14.8. The molecule has 1 N–H and O–H groups in total. The Morgan fingerprint density at radius 2 is 1.95 bits per heavy atom. The van der Waals surface area contributed by atoms with Gasteiger partial charge in [-0.2, -0.15) is 5.26 Å². The van der Waals surface area contributed by atoms with Crippen molar-refractivity contribution in [3.05, 3.63) is 52.1 Å². The van der Waals surface area contributed by atoms with Gasteiger partial charge in [0, 0.05) is 10.6 Å². The van der Waals surface area contributed by atoms with Gasteiger partial charge in [0.1, 0.15) is 11.6 Å². The van der Waals surface area contributed by atoms with E-state index in [1.807, 2.05) is 44.2 Å². The predicted octanol–water partition coefficient (Wildman–Crippen LogP) is 3.47. The number of carbonyl (C=O) groups excluding carboxylic acids is 1. The summed E-state index contributed by atoms with van der Waals surface area (Å²) in [5, 5.41) is 12.6. The fourth-order valence-corrected chi connectivity index (χ4v) is 2.29. The van der Waals surface area contributed by atoms with E-state index in [1.54, 1.807) is 12.1 Å². The standard InChI is InChI=1S/C16H15ClN2O/c1-16(2)9-12(14(10-18)15(20)19-16)6-3-11-4-7-13(17)8-5-11/h3-8H,9H2,1-2H3,(H,19,20)/b6-3+. The highest BCUT2D eigenvalue weighted by molar-refractivity contribution is 6.30. The van der Waals surface area contributed by atoms with E-state index < -0.39 is 0 Å². The molecule has 0 fully saturated rings. The molecule has 0 aromatic heterocycles. The van der Waals surface area contributed by atoms with E-state index in [0.717, 1.165) is 11.1 Å². The van der Waals surface area contributed by atoms with Crippen molar-refractivity contribution >= 4 is 23.6 Å². The van der Waals surface area contributed by atoms with Gasteiger partial charge in [-0.3, -0.25) is 4.79 Å². The number of benzene rings is 1. The molecule has 2 rings (SSSR count). The summed E-state index contributed by atoms with van der Waals surface area (Å²) < 4.78 is 0. The predicted molar refractivity (Wildman–Crippen MR) is 80.0 cm³/mol. The van der Waals surface area contributed by atoms with Crippen molar-refractivity contribution in [3.8, 4) is 6.07 Å². The molecule has 20 heavy (non-hydrogen) atoms. The Labute approximate surface area is 123 Å². The van der Waals surface area contributed by atoms with Gasteiger partial charge in [0.05, 0.1) is 0 Å². The van der Waals surface area contributed by atoms with Crippen molar-refractivity contribution in [1.29, 1.82) is 5.26 Å². The van der Waals surface area contributed by atoms with Crippen LogP contribution in [0.2, 0.25) is 5.02 Å². The summed E-state index contributed by atoms with van der Waals surface area (Å²) in [5.41, 5.74) is 1.59. The molecule has 0 radical (unpaired) electrons. The van der Waals surface area contributed by atoms with E-state index in [0.29, 0.717) is 11.4 Å². The minimum atomic E-state index is -0.336. The Hall–Kier alpha value is -2.05. The van der Waals surface area contributed by atoms with Crippen molar-refractivity contribution in [2.45, 2.75) is 25.8 Å². The minimum Gasteiger partial charge on any atom is -0.346 e. The first-order chi connectivity index (χ1) is 9.41. The Bertz CT molecular complexity index is 633. The van der Waals surface area contributed by atoms with Crippen LogP contribution in [0.3, 0.4) is 0 Å². The lowest BCUT2D eigenvalue weighted by atomic mass is 9.87. The van der Waals surface area contributed by atoms with Gasteiger partial charge in [-0.1, -0.05) is 35.9 Å². The van der Waals surface area contributed by atoms with Gasteiger partial charge in [0.15, 0.2) is 0 Å². The molecule has 0 unspecified atom stereocenters. The van der Waals surface area contributed by atoms with E-state index in [4.69, 9.17) is 16.9 Å². The summed E-state index contributed by atoms with van der Waals surface area (Å²) in [4.78, 5) is 11.9. The third kappa shape index (κ3) is 3.28. The number of amides is 1. The van der Waals surface area contributed by atoms with Gasteiger partial charge in [0.25, 0.3) is 5.91 Å². The second kappa shape index (κ2) is 5.52. The van der Waals surface area contributed by atoms with Crippen molar-refractivity contribution < 1.29 is 4.79 Å². The summed E-state index contributed by atoms with van der Waals surface area (Å²) in [5.74, 6) is -0.306. The molecule has 0 aliphatic carbocycles. The molecular weight excluding hydrogens is 272 g/mol. The van der Waals surface area contributed by atoms with Crippen LogP contribution in [0.4, 0.5) is 0 Å². The van der Waals surface area contributed by atoms with E-state index in [2.05, 4.69) is 5.32 Å². The molecule has 0 bridgehead atoms. The van der Waals surface area contributed by atoms with Crippen molar-refractivity contribution in [3.63, 3.8) is 0 Å². The fourth-order valence-electron chi connectivity index (χ4n) is 2.16. The fraction of sp³-hybridized carbons (Fsp3) is 0.250. The lowest BCUT2D eigenvalue weighted by molar-refractivity contribution is -0.119. The molecule has 1 aromatic carbocycles. The molecule has 0 spiro atoms. The van der Waals surface area contributed by atoms with Crippen LogP contribution >= 0.6 is 11.6 Å². The number of hydrogen-bond acceptors (Lipinski definition) is 2. The lowest BCUT2D eigenvalue weighted by Crippen LogP contribution is -2.47. The highest BCUT2D eigenvalue weighted by Gasteiger charge is 2.30. The number of rotatable bonds is 2. The molecule has 1 aromatic rings. The molecule has 102 valence electrons. The van der Waals surface area contributed by atoms with Crippen molar-refractivity contribution in [2.24, 2.45) is 0 Å². The van der Waals surface area contributed by atoms with Crippen molar-refractivity contribution in [2.75, 3.05) is 0 Å². The average molecular weight is 287 g/mol. The zero-order valence-corrected chi connectivity index (χ0v) is 12.2. The second-order valence-corrected chi connectivity index (χ2v) is 5.85. The number of nitriles is 1. The summed E-state index contributed by atoms with van der Waals surface area (Å²) >= 11 is 5.83. The summed E-state index contributed by atoms with van der Waals surface area (Å²) in [6.07, 6.45) is 4.35. The maximum Gasteiger partial charge on any atom is 0.262 e. The Morgan fingerprint density at radius 3 is 2.55 bits per heavy atom. The Morgan fingerprint density at radius 1 is 1.30 bits per heavy atom. The summed E-state index contributed by atoms with van der Waals surface area (Å²) in [6.45, 7) is 3.88. The molecule has 4 heteroatoms. The Balaban J connectivity index is 2.32. The van der Waals surface area contributed by atoms with Crippen LogP contribution in [0.15, 0.2) is 41.5 Å². The first kappa shape index (κ1) is 14.4. The first-order valence-electron chi connectivity index (χ1n) is 6.31. The van der Waals surface area contributed by atoms with E-state index >= 15 is 0 Å². The largest absolute Gasteiger partial charge is 0.346 e. The Kier molecular flexibility index (Phi) is 3.96. The minimum absolute atomic E-state index is 0.189. The van der Waals surface area contributed by atoms with Crippen LogP contribution in [0.1, 0.15) is 25.8 Å². The van der Waals surface area contributed by atoms with E-state index in [9.17, 15) is 4.79 Å². The van der Waals surface area contributed by atoms with Gasteiger partial charge in [-0.05, 0) is 43.5 Å². The van der Waals surface area contributed by atoms with Gasteiger partial charge in [0.2, 0.25) is 0 Å². The van der Waals surface area contributed by atoms with E-state index in [1.165, 1.54) is 0 Å². The number of nitrogens with zero attached hydrogens (tertiary/aromatic N) is 1. The molecule has 3 nitrogen and oxygen atoms in total. The molecule has 1 aliphatic rings. The zero-order valence-electron chi connectivity index (χ0n) is 11.4. The maximum atomic E-state index is 11.9. The highest BCUT2D eigenvalue weighted by Crippen LogP contribution is 2.26. The lowest BCUT2D eigenvalue weighted by Gasteiger charge is -2.31. The second-order valence-electron chi connectivity index (χ2n) is 5.41. The summed E-state index contributed by atoms with van der Waals surface area (Å²) in [7, 11) is 0. The number of hydrogen-bond donors (Lipinski definition) is 1. The molecule has 1 amide bonds. The third-order valence-electron chi connectivity index (χ3n) is 3.09. The molecule has 0 atom stereocenters. The van der Waals surface area contributed by atoms with Gasteiger partial charge in [-0.15, -0.1) is 0 Å². The normalized spacial score (nSPS) is 18.0. The van der Waals surface area contributed by atoms with Crippen LogP contribution in [-0.2, 0) is 4.79 Å². The van der Waals surface area contributed by atoms with Crippen LogP contribution in [0, 0.1) is 11.3 Å². The quantitative estimate of drug-likeness (QED) is 0.905. The average Bonchev–Trinajstić information content (AvgIpc) is 2.36. The van der Waals surface area contributed by atoms with Crippen LogP contribution < -0.4 is 5.32 Å². The van der Waals surface area contributed by atoms with Crippen LogP contribution in [0.25, 0.3) is 6.08 Å². The topological polar surface area (TPSA) is 52.9 Å². The van der Waals surface area contributed by atoms with Gasteiger partial charge < -0.3 is 5.32 Å².